The number of aromatic amines is 1. The van der Waals surface area contributed by atoms with Crippen LogP contribution in [0.25, 0.3) is 28.6 Å². The summed E-state index contributed by atoms with van der Waals surface area (Å²) in [5.74, 6) is 1.06. The maximum absolute atomic E-state index is 12.4. The first-order valence-corrected chi connectivity index (χ1v) is 10.7. The lowest BCUT2D eigenvalue weighted by molar-refractivity contribution is 0.446. The van der Waals surface area contributed by atoms with Gasteiger partial charge in [-0.1, -0.05) is 32.9 Å². The summed E-state index contributed by atoms with van der Waals surface area (Å²) in [7, 11) is 0. The van der Waals surface area contributed by atoms with Crippen LogP contribution in [0.1, 0.15) is 50.8 Å². The Morgan fingerprint density at radius 1 is 1.06 bits per heavy atom. The maximum Gasteiger partial charge on any atom is 0.253 e. The van der Waals surface area contributed by atoms with Gasteiger partial charge < -0.3 is 14.7 Å². The molecule has 1 saturated heterocycles. The second-order valence-corrected chi connectivity index (χ2v) is 9.14. The first-order chi connectivity index (χ1) is 14.9. The Kier molecular flexibility index (Phi) is 4.74. The Balaban J connectivity index is 1.52. The van der Waals surface area contributed by atoms with Crippen LogP contribution in [-0.2, 0) is 5.41 Å². The quantitative estimate of drug-likeness (QED) is 0.528. The Hall–Kier alpha value is -3.26. The Morgan fingerprint density at radius 2 is 1.77 bits per heavy atom. The molecule has 8 heteroatoms. The molecule has 31 heavy (non-hydrogen) atoms. The molecule has 1 aromatic carbocycles. The molecule has 0 amide bonds. The number of nitrogens with one attached hydrogen (secondary N) is 2. The second kappa shape index (κ2) is 7.46. The van der Waals surface area contributed by atoms with E-state index in [-0.39, 0.29) is 11.0 Å². The zero-order valence-corrected chi connectivity index (χ0v) is 18.0. The maximum atomic E-state index is 12.4. The predicted octanol–water partition coefficient (Wildman–Crippen LogP) is 3.50. The van der Waals surface area contributed by atoms with Crippen LogP contribution in [-0.4, -0.2) is 37.9 Å². The minimum atomic E-state index is -0.153. The van der Waals surface area contributed by atoms with E-state index in [0.717, 1.165) is 37.2 Å². The van der Waals surface area contributed by atoms with E-state index >= 15 is 0 Å². The standard InChI is InChI=1S/C23H26N6O2/c1-23(2,3)16-6-4-15(5-7-16)21-27-28-22(31-21)17-13-25-29-18(12-19(30)26-20(17)29)14-8-10-24-11-9-14/h4-7,12-14,24H,8-11H2,1-3H3,(H,26,30). The number of aromatic nitrogens is 5. The van der Waals surface area contributed by atoms with Gasteiger partial charge in [0.05, 0.1) is 11.9 Å². The van der Waals surface area contributed by atoms with Crippen LogP contribution in [0.15, 0.2) is 45.7 Å². The van der Waals surface area contributed by atoms with Crippen LogP contribution in [0.4, 0.5) is 0 Å². The van der Waals surface area contributed by atoms with Crippen molar-refractivity contribution >= 4 is 5.65 Å². The van der Waals surface area contributed by atoms with E-state index in [4.69, 9.17) is 4.42 Å². The molecule has 160 valence electrons. The summed E-state index contributed by atoms with van der Waals surface area (Å²) in [6, 6.07) is 9.79. The van der Waals surface area contributed by atoms with Gasteiger partial charge in [0.2, 0.25) is 5.89 Å². The SMILES string of the molecule is CC(C)(C)c1ccc(-c2nnc(-c3cnn4c(C5CCNCC5)cc(=O)[nH]c34)o2)cc1. The number of rotatable bonds is 3. The molecule has 0 unspecified atom stereocenters. The smallest absolute Gasteiger partial charge is 0.253 e. The summed E-state index contributed by atoms with van der Waals surface area (Å²) in [4.78, 5) is 15.3. The molecule has 0 atom stereocenters. The number of piperidine rings is 1. The summed E-state index contributed by atoms with van der Waals surface area (Å²) >= 11 is 0. The molecule has 0 spiro atoms. The van der Waals surface area contributed by atoms with E-state index in [2.05, 4.69) is 58.5 Å². The fourth-order valence-corrected chi connectivity index (χ4v) is 4.14. The van der Waals surface area contributed by atoms with Gasteiger partial charge in [-0.2, -0.15) is 5.10 Å². The highest BCUT2D eigenvalue weighted by Gasteiger charge is 2.23. The van der Waals surface area contributed by atoms with Gasteiger partial charge in [0.1, 0.15) is 11.2 Å². The average Bonchev–Trinajstić information content (AvgIpc) is 3.40. The van der Waals surface area contributed by atoms with Gasteiger partial charge in [-0.05, 0) is 49.0 Å². The number of H-pyrrole nitrogens is 1. The topological polar surface area (TPSA) is 101 Å². The molecule has 4 heterocycles. The molecular weight excluding hydrogens is 392 g/mol. The first kappa shape index (κ1) is 19.7. The van der Waals surface area contributed by atoms with Crippen molar-refractivity contribution in [2.45, 2.75) is 44.9 Å². The fourth-order valence-electron chi connectivity index (χ4n) is 4.14. The molecule has 0 aliphatic carbocycles. The van der Waals surface area contributed by atoms with Crippen molar-refractivity contribution in [3.63, 3.8) is 0 Å². The fraction of sp³-hybridized carbons (Fsp3) is 0.391. The highest BCUT2D eigenvalue weighted by atomic mass is 16.4. The van der Waals surface area contributed by atoms with Gasteiger partial charge in [0.25, 0.3) is 11.4 Å². The minimum Gasteiger partial charge on any atom is -0.416 e. The summed E-state index contributed by atoms with van der Waals surface area (Å²) in [5.41, 5.74) is 4.14. The normalized spacial score (nSPS) is 15.6. The largest absolute Gasteiger partial charge is 0.416 e. The molecular formula is C23H26N6O2. The van der Waals surface area contributed by atoms with Crippen molar-refractivity contribution in [2.75, 3.05) is 13.1 Å². The zero-order chi connectivity index (χ0) is 21.6. The van der Waals surface area contributed by atoms with Crippen LogP contribution >= 0.6 is 0 Å². The Morgan fingerprint density at radius 3 is 2.48 bits per heavy atom. The van der Waals surface area contributed by atoms with E-state index < -0.39 is 0 Å². The van der Waals surface area contributed by atoms with E-state index in [1.54, 1.807) is 16.8 Å². The molecule has 0 bridgehead atoms. The highest BCUT2D eigenvalue weighted by molar-refractivity contribution is 5.71. The van der Waals surface area contributed by atoms with Gasteiger partial charge >= 0.3 is 0 Å². The molecule has 5 rings (SSSR count). The molecule has 4 aromatic rings. The van der Waals surface area contributed by atoms with Gasteiger partial charge in [-0.25, -0.2) is 4.52 Å². The molecule has 3 aromatic heterocycles. The minimum absolute atomic E-state index is 0.0770. The van der Waals surface area contributed by atoms with Crippen LogP contribution in [0.3, 0.4) is 0 Å². The summed E-state index contributed by atoms with van der Waals surface area (Å²) < 4.78 is 7.77. The summed E-state index contributed by atoms with van der Waals surface area (Å²) in [5, 5.41) is 16.3. The van der Waals surface area contributed by atoms with Crippen molar-refractivity contribution < 1.29 is 4.42 Å². The lowest BCUT2D eigenvalue weighted by atomic mass is 9.87. The number of fused-ring (bicyclic) bond motifs is 1. The third-order valence-electron chi connectivity index (χ3n) is 5.95. The van der Waals surface area contributed by atoms with E-state index in [1.807, 2.05) is 12.1 Å². The summed E-state index contributed by atoms with van der Waals surface area (Å²) in [6.07, 6.45) is 3.63. The number of hydrogen-bond acceptors (Lipinski definition) is 6. The van der Waals surface area contributed by atoms with Gasteiger partial charge in [0, 0.05) is 17.5 Å². The van der Waals surface area contributed by atoms with Gasteiger partial charge in [0.15, 0.2) is 0 Å². The molecule has 8 nitrogen and oxygen atoms in total. The molecule has 1 aliphatic heterocycles. The number of hydrogen-bond donors (Lipinski definition) is 2. The Bertz CT molecular complexity index is 1270. The number of nitrogens with zero attached hydrogens (tertiary/aromatic N) is 4. The molecule has 0 radical (unpaired) electrons. The van der Waals surface area contributed by atoms with Crippen molar-refractivity contribution in [1.29, 1.82) is 0 Å². The number of benzene rings is 1. The van der Waals surface area contributed by atoms with Crippen molar-refractivity contribution in [2.24, 2.45) is 0 Å². The second-order valence-electron chi connectivity index (χ2n) is 9.14. The highest BCUT2D eigenvalue weighted by Crippen LogP contribution is 2.30. The van der Waals surface area contributed by atoms with Crippen molar-refractivity contribution in [3.05, 3.63) is 58.1 Å². The monoisotopic (exact) mass is 418 g/mol. The third kappa shape index (κ3) is 3.67. The van der Waals surface area contributed by atoms with E-state index in [9.17, 15) is 4.79 Å². The van der Waals surface area contributed by atoms with Crippen LogP contribution < -0.4 is 10.9 Å². The molecule has 2 N–H and O–H groups in total. The zero-order valence-electron chi connectivity index (χ0n) is 18.0. The van der Waals surface area contributed by atoms with Gasteiger partial charge in [-0.15, -0.1) is 10.2 Å². The van der Waals surface area contributed by atoms with Crippen molar-refractivity contribution in [3.8, 4) is 22.9 Å². The van der Waals surface area contributed by atoms with E-state index in [0.29, 0.717) is 28.9 Å². The van der Waals surface area contributed by atoms with Crippen LogP contribution in [0, 0.1) is 0 Å². The lowest BCUT2D eigenvalue weighted by Gasteiger charge is -2.23. The van der Waals surface area contributed by atoms with Crippen LogP contribution in [0.5, 0.6) is 0 Å². The predicted molar refractivity (Wildman–Crippen MR) is 118 cm³/mol. The average molecular weight is 419 g/mol. The molecule has 0 saturated carbocycles. The molecule has 1 fully saturated rings. The third-order valence-corrected chi connectivity index (χ3v) is 5.95. The van der Waals surface area contributed by atoms with Crippen LogP contribution in [0.2, 0.25) is 0 Å². The van der Waals surface area contributed by atoms with Crippen molar-refractivity contribution in [1.82, 2.24) is 30.1 Å². The van der Waals surface area contributed by atoms with Gasteiger partial charge in [-0.3, -0.25) is 4.79 Å². The molecule has 1 aliphatic rings. The summed E-state index contributed by atoms with van der Waals surface area (Å²) in [6.45, 7) is 8.41. The Labute approximate surface area is 179 Å². The lowest BCUT2D eigenvalue weighted by Crippen LogP contribution is -2.28. The van der Waals surface area contributed by atoms with E-state index in [1.165, 1.54) is 5.56 Å². The first-order valence-electron chi connectivity index (χ1n) is 10.7.